The largest absolute Gasteiger partial charge is 0.504 e. The van der Waals surface area contributed by atoms with Gasteiger partial charge in [-0.2, -0.15) is 0 Å². The van der Waals surface area contributed by atoms with Gasteiger partial charge in [-0.05, 0) is 42.7 Å². The first-order valence-corrected chi connectivity index (χ1v) is 6.93. The topological polar surface area (TPSA) is 66.8 Å². The van der Waals surface area contributed by atoms with Crippen molar-refractivity contribution in [3.05, 3.63) is 65.7 Å². The van der Waals surface area contributed by atoms with E-state index in [4.69, 9.17) is 9.84 Å². The first-order valence-electron chi connectivity index (χ1n) is 6.93. The lowest BCUT2D eigenvalue weighted by Crippen LogP contribution is -2.03. The Balaban J connectivity index is 2.18. The van der Waals surface area contributed by atoms with Gasteiger partial charge >= 0.3 is 5.97 Å². The van der Waals surface area contributed by atoms with Gasteiger partial charge in [0, 0.05) is 6.08 Å². The van der Waals surface area contributed by atoms with Gasteiger partial charge in [0.2, 0.25) is 0 Å². The van der Waals surface area contributed by atoms with E-state index < -0.39 is 5.97 Å². The van der Waals surface area contributed by atoms with Crippen LogP contribution in [0.2, 0.25) is 0 Å². The Morgan fingerprint density at radius 1 is 1.18 bits per heavy atom. The predicted octanol–water partition coefficient (Wildman–Crippen LogP) is 4.02. The van der Waals surface area contributed by atoms with Gasteiger partial charge in [-0.15, -0.1) is 0 Å². The highest BCUT2D eigenvalue weighted by Crippen LogP contribution is 2.32. The van der Waals surface area contributed by atoms with Crippen LogP contribution in [0.25, 0.3) is 5.57 Å². The molecule has 1 unspecified atom stereocenters. The Hall–Kier alpha value is -2.75. The second-order valence-corrected chi connectivity index (χ2v) is 5.02. The summed E-state index contributed by atoms with van der Waals surface area (Å²) in [6, 6.07) is 14.6. The monoisotopic (exact) mass is 298 g/mol. The van der Waals surface area contributed by atoms with Crippen molar-refractivity contribution in [3.8, 4) is 11.5 Å². The zero-order chi connectivity index (χ0) is 16.1. The number of ether oxygens (including phenoxy) is 1. The van der Waals surface area contributed by atoms with Gasteiger partial charge in [0.05, 0.1) is 0 Å². The van der Waals surface area contributed by atoms with Gasteiger partial charge in [0.1, 0.15) is 6.10 Å². The van der Waals surface area contributed by atoms with Crippen LogP contribution in [0.1, 0.15) is 31.1 Å². The van der Waals surface area contributed by atoms with Gasteiger partial charge in [-0.3, -0.25) is 0 Å². The van der Waals surface area contributed by atoms with Gasteiger partial charge in [-0.1, -0.05) is 36.4 Å². The van der Waals surface area contributed by atoms with Crippen LogP contribution >= 0.6 is 0 Å². The fourth-order valence-corrected chi connectivity index (χ4v) is 2.11. The number of aliphatic carboxylic acids is 1. The Bertz CT molecular complexity index is 689. The number of hydrogen-bond donors (Lipinski definition) is 2. The van der Waals surface area contributed by atoms with E-state index in [9.17, 15) is 9.90 Å². The molecule has 0 aliphatic rings. The normalized spacial score (nSPS) is 12.7. The van der Waals surface area contributed by atoms with Crippen molar-refractivity contribution >= 4 is 11.5 Å². The maximum absolute atomic E-state index is 10.7. The smallest absolute Gasteiger partial charge is 0.328 e. The zero-order valence-corrected chi connectivity index (χ0v) is 12.5. The highest BCUT2D eigenvalue weighted by molar-refractivity contribution is 5.89. The molecule has 4 nitrogen and oxygen atoms in total. The molecule has 1 atom stereocenters. The molecule has 0 aromatic heterocycles. The highest BCUT2D eigenvalue weighted by Gasteiger charge is 2.11. The summed E-state index contributed by atoms with van der Waals surface area (Å²) in [5, 5.41) is 18.8. The van der Waals surface area contributed by atoms with E-state index in [-0.39, 0.29) is 11.9 Å². The van der Waals surface area contributed by atoms with Crippen molar-refractivity contribution < 1.29 is 19.7 Å². The number of carboxylic acid groups (broad SMARTS) is 1. The van der Waals surface area contributed by atoms with Crippen molar-refractivity contribution in [1.82, 2.24) is 0 Å². The first-order chi connectivity index (χ1) is 10.5. The molecule has 0 aliphatic heterocycles. The maximum atomic E-state index is 10.7. The predicted molar refractivity (Wildman–Crippen MR) is 84.9 cm³/mol. The molecule has 114 valence electrons. The lowest BCUT2D eigenvalue weighted by molar-refractivity contribution is -0.131. The Kier molecular flexibility index (Phi) is 4.84. The van der Waals surface area contributed by atoms with E-state index in [0.717, 1.165) is 11.6 Å². The molecular formula is C18H18O4. The summed E-state index contributed by atoms with van der Waals surface area (Å²) in [5.74, 6) is -0.670. The second-order valence-electron chi connectivity index (χ2n) is 5.02. The minimum atomic E-state index is -1.02. The average Bonchev–Trinajstić information content (AvgIpc) is 2.49. The molecule has 2 N–H and O–H groups in total. The second kappa shape index (κ2) is 6.80. The third-order valence-electron chi connectivity index (χ3n) is 3.33. The van der Waals surface area contributed by atoms with Crippen LogP contribution in [0.4, 0.5) is 0 Å². The van der Waals surface area contributed by atoms with E-state index in [0.29, 0.717) is 16.9 Å². The molecule has 4 heteroatoms. The summed E-state index contributed by atoms with van der Waals surface area (Å²) in [4.78, 5) is 10.7. The molecule has 0 amide bonds. The van der Waals surface area contributed by atoms with Crippen LogP contribution in [-0.4, -0.2) is 16.2 Å². The minimum absolute atomic E-state index is 0.0154. The van der Waals surface area contributed by atoms with Crippen molar-refractivity contribution in [2.45, 2.75) is 20.0 Å². The number of rotatable bonds is 5. The number of aromatic hydroxyl groups is 1. The molecule has 22 heavy (non-hydrogen) atoms. The number of allylic oxidation sites excluding steroid dienone is 1. The third-order valence-corrected chi connectivity index (χ3v) is 3.33. The van der Waals surface area contributed by atoms with Gasteiger partial charge in [0.25, 0.3) is 0 Å². The fourth-order valence-electron chi connectivity index (χ4n) is 2.11. The lowest BCUT2D eigenvalue weighted by atomic mass is 10.1. The SMILES string of the molecule is C/C(=C\C(=O)O)c1ccc(OC(C)c2ccccc2)c(O)c1. The number of phenols is 1. The Morgan fingerprint density at radius 3 is 2.45 bits per heavy atom. The summed E-state index contributed by atoms with van der Waals surface area (Å²) in [6.07, 6.45) is 0.899. The van der Waals surface area contributed by atoms with Crippen molar-refractivity contribution in [2.24, 2.45) is 0 Å². The number of carboxylic acids is 1. The molecule has 0 bridgehead atoms. The van der Waals surface area contributed by atoms with E-state index >= 15 is 0 Å². The van der Waals surface area contributed by atoms with Crippen LogP contribution < -0.4 is 4.74 Å². The third kappa shape index (κ3) is 3.88. The standard InChI is InChI=1S/C18H18O4/c1-12(10-18(20)21)15-8-9-17(16(19)11-15)22-13(2)14-6-4-3-5-7-14/h3-11,13,19H,1-2H3,(H,20,21)/b12-10+. The molecule has 2 rings (SSSR count). The number of benzene rings is 2. The van der Waals surface area contributed by atoms with Crippen LogP contribution in [0, 0.1) is 0 Å². The fraction of sp³-hybridized carbons (Fsp3) is 0.167. The minimum Gasteiger partial charge on any atom is -0.504 e. The summed E-state index contributed by atoms with van der Waals surface area (Å²) >= 11 is 0. The molecule has 2 aromatic carbocycles. The molecule has 0 saturated heterocycles. The van der Waals surface area contributed by atoms with E-state index in [1.807, 2.05) is 37.3 Å². The van der Waals surface area contributed by atoms with Crippen LogP contribution in [0.15, 0.2) is 54.6 Å². The summed E-state index contributed by atoms with van der Waals surface area (Å²) in [7, 11) is 0. The van der Waals surface area contributed by atoms with Crippen molar-refractivity contribution in [2.75, 3.05) is 0 Å². The number of carbonyl (C=O) groups is 1. The van der Waals surface area contributed by atoms with E-state index in [2.05, 4.69) is 0 Å². The van der Waals surface area contributed by atoms with Gasteiger partial charge in [-0.25, -0.2) is 4.79 Å². The van der Waals surface area contributed by atoms with Crippen LogP contribution in [0.5, 0.6) is 11.5 Å². The summed E-state index contributed by atoms with van der Waals surface area (Å²) < 4.78 is 5.76. The van der Waals surface area contributed by atoms with Crippen LogP contribution in [0.3, 0.4) is 0 Å². The first kappa shape index (κ1) is 15.6. The number of hydrogen-bond acceptors (Lipinski definition) is 3. The van der Waals surface area contributed by atoms with Gasteiger partial charge < -0.3 is 14.9 Å². The highest BCUT2D eigenvalue weighted by atomic mass is 16.5. The molecule has 0 fully saturated rings. The molecule has 0 aliphatic carbocycles. The van der Waals surface area contributed by atoms with Gasteiger partial charge in [0.15, 0.2) is 11.5 Å². The average molecular weight is 298 g/mol. The molecule has 0 heterocycles. The Labute approximate surface area is 129 Å². The summed E-state index contributed by atoms with van der Waals surface area (Å²) in [6.45, 7) is 3.58. The lowest BCUT2D eigenvalue weighted by Gasteiger charge is -2.16. The quantitative estimate of drug-likeness (QED) is 0.818. The molecule has 0 spiro atoms. The van der Waals surface area contributed by atoms with Crippen molar-refractivity contribution in [1.29, 1.82) is 0 Å². The maximum Gasteiger partial charge on any atom is 0.328 e. The Morgan fingerprint density at radius 2 is 1.86 bits per heavy atom. The molecule has 0 saturated carbocycles. The molecule has 2 aromatic rings. The van der Waals surface area contributed by atoms with E-state index in [1.165, 1.54) is 6.07 Å². The molecular weight excluding hydrogens is 280 g/mol. The van der Waals surface area contributed by atoms with Crippen LogP contribution in [-0.2, 0) is 4.79 Å². The number of phenolic OH excluding ortho intramolecular Hbond substituents is 1. The molecule has 0 radical (unpaired) electrons. The van der Waals surface area contributed by atoms with E-state index in [1.54, 1.807) is 19.1 Å². The summed E-state index contributed by atoms with van der Waals surface area (Å²) in [5.41, 5.74) is 2.21. The zero-order valence-electron chi connectivity index (χ0n) is 12.5. The van der Waals surface area contributed by atoms with Crippen molar-refractivity contribution in [3.63, 3.8) is 0 Å².